The summed E-state index contributed by atoms with van der Waals surface area (Å²) in [5, 5.41) is 4.01. The molecule has 1 aromatic heterocycles. The molecule has 0 aliphatic carbocycles. The van der Waals surface area contributed by atoms with Gasteiger partial charge in [-0.3, -0.25) is 0 Å². The van der Waals surface area contributed by atoms with Gasteiger partial charge >= 0.3 is 6.09 Å². The summed E-state index contributed by atoms with van der Waals surface area (Å²) >= 11 is 0. The van der Waals surface area contributed by atoms with Gasteiger partial charge < -0.3 is 26.3 Å². The SMILES string of the molecule is COc1ccc(C(CN)Nc2ncnc3c(OC(N)=O)cccc23)cc1. The third-order valence-corrected chi connectivity index (χ3v) is 3.90. The Hall–Kier alpha value is -3.39. The molecule has 0 radical (unpaired) electrons. The van der Waals surface area contributed by atoms with Crippen molar-refractivity contribution < 1.29 is 14.3 Å². The van der Waals surface area contributed by atoms with Gasteiger partial charge in [0.25, 0.3) is 0 Å². The maximum atomic E-state index is 11.1. The van der Waals surface area contributed by atoms with E-state index < -0.39 is 6.09 Å². The van der Waals surface area contributed by atoms with Gasteiger partial charge in [-0.05, 0) is 29.8 Å². The number of aromatic nitrogens is 2. The molecule has 1 unspecified atom stereocenters. The Morgan fingerprint density at radius 3 is 2.62 bits per heavy atom. The smallest absolute Gasteiger partial charge is 0.410 e. The van der Waals surface area contributed by atoms with Crippen LogP contribution >= 0.6 is 0 Å². The van der Waals surface area contributed by atoms with Gasteiger partial charge in [0.1, 0.15) is 23.4 Å². The number of fused-ring (bicyclic) bond motifs is 1. The quantitative estimate of drug-likeness (QED) is 0.620. The second kappa shape index (κ2) is 7.66. The summed E-state index contributed by atoms with van der Waals surface area (Å²) < 4.78 is 10.2. The number of para-hydroxylation sites is 1. The number of nitrogens with zero attached hydrogens (tertiary/aromatic N) is 2. The largest absolute Gasteiger partial charge is 0.497 e. The van der Waals surface area contributed by atoms with Gasteiger partial charge in [-0.1, -0.05) is 18.2 Å². The zero-order valence-electron chi connectivity index (χ0n) is 14.2. The molecule has 1 atom stereocenters. The molecule has 5 N–H and O–H groups in total. The first kappa shape index (κ1) is 17.4. The number of methoxy groups -OCH3 is 1. The number of amides is 1. The van der Waals surface area contributed by atoms with Crippen LogP contribution in [0.2, 0.25) is 0 Å². The molecule has 0 aliphatic rings. The predicted octanol–water partition coefficient (Wildman–Crippen LogP) is 2.21. The lowest BCUT2D eigenvalue weighted by Gasteiger charge is -2.19. The number of rotatable bonds is 6. The highest BCUT2D eigenvalue weighted by molar-refractivity contribution is 5.94. The van der Waals surface area contributed by atoms with Crippen LogP contribution in [0.1, 0.15) is 11.6 Å². The van der Waals surface area contributed by atoms with Crippen LogP contribution in [0, 0.1) is 0 Å². The fraction of sp³-hybridized carbons (Fsp3) is 0.167. The Labute approximate surface area is 150 Å². The van der Waals surface area contributed by atoms with Crippen LogP contribution in [0.5, 0.6) is 11.5 Å². The van der Waals surface area contributed by atoms with E-state index >= 15 is 0 Å². The van der Waals surface area contributed by atoms with Crippen LogP contribution in [0.15, 0.2) is 48.8 Å². The first-order valence-corrected chi connectivity index (χ1v) is 7.94. The molecule has 26 heavy (non-hydrogen) atoms. The Morgan fingerprint density at radius 2 is 1.96 bits per heavy atom. The van der Waals surface area contributed by atoms with Gasteiger partial charge in [0, 0.05) is 11.9 Å². The third-order valence-electron chi connectivity index (χ3n) is 3.90. The minimum absolute atomic E-state index is 0.167. The monoisotopic (exact) mass is 353 g/mol. The Kier molecular flexibility index (Phi) is 5.14. The number of ether oxygens (including phenoxy) is 2. The summed E-state index contributed by atoms with van der Waals surface area (Å²) in [5.74, 6) is 1.62. The molecule has 1 amide bonds. The zero-order chi connectivity index (χ0) is 18.5. The van der Waals surface area contributed by atoms with Gasteiger partial charge in [-0.2, -0.15) is 0 Å². The molecule has 0 aliphatic heterocycles. The van der Waals surface area contributed by atoms with E-state index in [-0.39, 0.29) is 11.8 Å². The van der Waals surface area contributed by atoms with Crippen molar-refractivity contribution in [2.24, 2.45) is 11.5 Å². The molecule has 2 aromatic carbocycles. The van der Waals surface area contributed by atoms with Gasteiger partial charge in [0.2, 0.25) is 0 Å². The van der Waals surface area contributed by atoms with E-state index in [1.807, 2.05) is 30.3 Å². The van der Waals surface area contributed by atoms with Crippen molar-refractivity contribution in [3.05, 3.63) is 54.4 Å². The molecule has 3 aromatic rings. The van der Waals surface area contributed by atoms with Crippen molar-refractivity contribution in [1.82, 2.24) is 9.97 Å². The van der Waals surface area contributed by atoms with Crippen molar-refractivity contribution >= 4 is 22.8 Å². The second-order valence-electron chi connectivity index (χ2n) is 5.50. The number of carbonyl (C=O) groups excluding carboxylic acids is 1. The van der Waals surface area contributed by atoms with Crippen molar-refractivity contribution in [2.75, 3.05) is 19.0 Å². The number of hydrogen-bond donors (Lipinski definition) is 3. The minimum Gasteiger partial charge on any atom is -0.497 e. The Morgan fingerprint density at radius 1 is 1.19 bits per heavy atom. The molecule has 3 rings (SSSR count). The molecule has 0 spiro atoms. The Balaban J connectivity index is 1.94. The summed E-state index contributed by atoms with van der Waals surface area (Å²) in [5.41, 5.74) is 12.5. The highest BCUT2D eigenvalue weighted by atomic mass is 16.5. The van der Waals surface area contributed by atoms with E-state index in [1.165, 1.54) is 6.33 Å². The predicted molar refractivity (Wildman–Crippen MR) is 98.2 cm³/mol. The Bertz CT molecular complexity index is 914. The molecule has 0 fully saturated rings. The number of hydrogen-bond acceptors (Lipinski definition) is 7. The van der Waals surface area contributed by atoms with E-state index in [1.54, 1.807) is 19.2 Å². The summed E-state index contributed by atoms with van der Waals surface area (Å²) in [6.07, 6.45) is 0.490. The average molecular weight is 353 g/mol. The zero-order valence-corrected chi connectivity index (χ0v) is 14.2. The standard InChI is InChI=1S/C18H19N5O3/c1-25-12-7-5-11(6-8-12)14(9-19)23-17-13-3-2-4-15(26-18(20)24)16(13)21-10-22-17/h2-8,10,14H,9,19H2,1H3,(H2,20,24)(H,21,22,23). The number of primary amides is 1. The van der Waals surface area contributed by atoms with Gasteiger partial charge in [-0.25, -0.2) is 14.8 Å². The summed E-state index contributed by atoms with van der Waals surface area (Å²) in [4.78, 5) is 19.6. The molecule has 0 saturated carbocycles. The van der Waals surface area contributed by atoms with Gasteiger partial charge in [0.15, 0.2) is 5.75 Å². The highest BCUT2D eigenvalue weighted by Gasteiger charge is 2.15. The molecule has 0 bridgehead atoms. The topological polar surface area (TPSA) is 125 Å². The van der Waals surface area contributed by atoms with E-state index in [2.05, 4.69) is 15.3 Å². The summed E-state index contributed by atoms with van der Waals surface area (Å²) in [6, 6.07) is 12.6. The van der Waals surface area contributed by atoms with Crippen LogP contribution in [-0.4, -0.2) is 29.7 Å². The van der Waals surface area contributed by atoms with Crippen molar-refractivity contribution in [1.29, 1.82) is 0 Å². The average Bonchev–Trinajstić information content (AvgIpc) is 2.66. The van der Waals surface area contributed by atoms with Crippen LogP contribution < -0.4 is 26.3 Å². The van der Waals surface area contributed by atoms with E-state index in [9.17, 15) is 4.79 Å². The maximum absolute atomic E-state index is 11.1. The lowest BCUT2D eigenvalue weighted by Crippen LogP contribution is -2.21. The number of nitrogens with two attached hydrogens (primary N) is 2. The van der Waals surface area contributed by atoms with E-state index in [0.29, 0.717) is 23.3 Å². The first-order chi connectivity index (χ1) is 12.6. The normalized spacial score (nSPS) is 11.8. The van der Waals surface area contributed by atoms with Crippen molar-refractivity contribution in [3.8, 4) is 11.5 Å². The number of carbonyl (C=O) groups is 1. The van der Waals surface area contributed by atoms with Crippen molar-refractivity contribution in [3.63, 3.8) is 0 Å². The third kappa shape index (κ3) is 3.65. The maximum Gasteiger partial charge on any atom is 0.410 e. The fourth-order valence-electron chi connectivity index (χ4n) is 2.65. The van der Waals surface area contributed by atoms with Crippen molar-refractivity contribution in [2.45, 2.75) is 6.04 Å². The summed E-state index contributed by atoms with van der Waals surface area (Å²) in [7, 11) is 1.62. The number of anilines is 1. The molecule has 0 saturated heterocycles. The fourth-order valence-corrected chi connectivity index (χ4v) is 2.65. The molecular weight excluding hydrogens is 334 g/mol. The van der Waals surface area contributed by atoms with Gasteiger partial charge in [-0.15, -0.1) is 0 Å². The molecule has 8 heteroatoms. The van der Waals surface area contributed by atoms with E-state index in [0.717, 1.165) is 11.3 Å². The summed E-state index contributed by atoms with van der Waals surface area (Å²) in [6.45, 7) is 0.356. The van der Waals surface area contributed by atoms with E-state index in [4.69, 9.17) is 20.9 Å². The molecule has 1 heterocycles. The first-order valence-electron chi connectivity index (χ1n) is 7.94. The minimum atomic E-state index is -0.899. The molecule has 134 valence electrons. The van der Waals surface area contributed by atoms with Gasteiger partial charge in [0.05, 0.1) is 13.2 Å². The second-order valence-corrected chi connectivity index (χ2v) is 5.50. The highest BCUT2D eigenvalue weighted by Crippen LogP contribution is 2.29. The number of nitrogens with one attached hydrogen (secondary N) is 1. The molecular formula is C18H19N5O3. The molecule has 8 nitrogen and oxygen atoms in total. The van der Waals surface area contributed by atoms with Crippen LogP contribution in [0.3, 0.4) is 0 Å². The van der Waals surface area contributed by atoms with Crippen LogP contribution in [0.4, 0.5) is 10.6 Å². The van der Waals surface area contributed by atoms with Crippen LogP contribution in [-0.2, 0) is 0 Å². The number of benzene rings is 2. The lowest BCUT2D eigenvalue weighted by atomic mass is 10.1. The van der Waals surface area contributed by atoms with Crippen LogP contribution in [0.25, 0.3) is 10.9 Å². The lowest BCUT2D eigenvalue weighted by molar-refractivity contribution is 0.211.